The van der Waals surface area contributed by atoms with Crippen molar-refractivity contribution < 1.29 is 32.2 Å². The molecule has 0 bridgehead atoms. The fraction of sp³-hybridized carbons (Fsp3) is 0.250. The Morgan fingerprint density at radius 2 is 1.91 bits per heavy atom. The normalized spacial score (nSPS) is 15.2. The third kappa shape index (κ3) is 5.52. The van der Waals surface area contributed by atoms with Crippen molar-refractivity contribution in [3.05, 3.63) is 66.0 Å². The van der Waals surface area contributed by atoms with Gasteiger partial charge >= 0.3 is 10.2 Å². The minimum atomic E-state index is -4.32. The molecule has 1 fully saturated rings. The standard InChI is InChI=1S/C24H24FN3O6S/c1-24(2,31)12-20(29)26-17-9-8-16-10-19(34-14-15-6-4-3-5-7-15)23(22(25)18(16)11-17)28-13-21(30)27-35(28,32)33/h3-11,31H,12-14H2,1-2H3,(H,26,29)(H,27,30). The predicted octanol–water partition coefficient (Wildman–Crippen LogP) is 2.84. The van der Waals surface area contributed by atoms with Crippen LogP contribution in [0.25, 0.3) is 10.8 Å². The van der Waals surface area contributed by atoms with E-state index in [9.17, 15) is 23.1 Å². The molecule has 3 N–H and O–H groups in total. The van der Waals surface area contributed by atoms with Crippen LogP contribution in [-0.4, -0.2) is 37.5 Å². The molecule has 1 heterocycles. The Morgan fingerprint density at radius 3 is 2.54 bits per heavy atom. The van der Waals surface area contributed by atoms with E-state index in [1.54, 1.807) is 24.3 Å². The smallest absolute Gasteiger partial charge is 0.326 e. The lowest BCUT2D eigenvalue weighted by atomic mass is 10.0. The van der Waals surface area contributed by atoms with E-state index in [2.05, 4.69) is 5.32 Å². The summed E-state index contributed by atoms with van der Waals surface area (Å²) in [5.74, 6) is -2.26. The van der Waals surface area contributed by atoms with Crippen molar-refractivity contribution in [2.45, 2.75) is 32.5 Å². The van der Waals surface area contributed by atoms with E-state index in [1.807, 2.05) is 22.9 Å². The molecule has 184 valence electrons. The molecular formula is C24H24FN3O6S. The van der Waals surface area contributed by atoms with Crippen molar-refractivity contribution in [2.75, 3.05) is 16.2 Å². The van der Waals surface area contributed by atoms with E-state index < -0.39 is 45.7 Å². The van der Waals surface area contributed by atoms with E-state index in [4.69, 9.17) is 4.74 Å². The Balaban J connectivity index is 1.77. The highest BCUT2D eigenvalue weighted by molar-refractivity contribution is 7.92. The number of anilines is 2. The minimum absolute atomic E-state index is 0.0164. The number of ether oxygens (including phenoxy) is 1. The van der Waals surface area contributed by atoms with Gasteiger partial charge < -0.3 is 15.2 Å². The van der Waals surface area contributed by atoms with E-state index in [0.717, 1.165) is 5.56 Å². The highest BCUT2D eigenvalue weighted by Crippen LogP contribution is 2.40. The molecule has 0 spiro atoms. The molecule has 0 saturated carbocycles. The number of nitrogens with one attached hydrogen (secondary N) is 2. The second kappa shape index (κ2) is 9.16. The van der Waals surface area contributed by atoms with E-state index in [0.29, 0.717) is 9.69 Å². The summed E-state index contributed by atoms with van der Waals surface area (Å²) in [7, 11) is -4.32. The number of benzene rings is 3. The van der Waals surface area contributed by atoms with Crippen LogP contribution in [-0.2, 0) is 26.4 Å². The van der Waals surface area contributed by atoms with Gasteiger partial charge in [0, 0.05) is 11.1 Å². The van der Waals surface area contributed by atoms with Crippen molar-refractivity contribution >= 4 is 44.2 Å². The van der Waals surface area contributed by atoms with Crippen LogP contribution in [0.4, 0.5) is 15.8 Å². The van der Waals surface area contributed by atoms with Crippen LogP contribution >= 0.6 is 0 Å². The van der Waals surface area contributed by atoms with Gasteiger partial charge in [-0.15, -0.1) is 0 Å². The Kier molecular flexibility index (Phi) is 6.39. The van der Waals surface area contributed by atoms with Crippen molar-refractivity contribution in [1.82, 2.24) is 4.72 Å². The molecule has 1 saturated heterocycles. The summed E-state index contributed by atoms with van der Waals surface area (Å²) >= 11 is 0. The molecule has 0 aromatic heterocycles. The van der Waals surface area contributed by atoms with Crippen molar-refractivity contribution in [3.8, 4) is 5.75 Å². The predicted molar refractivity (Wildman–Crippen MR) is 129 cm³/mol. The molecular weight excluding hydrogens is 477 g/mol. The van der Waals surface area contributed by atoms with Crippen LogP contribution in [0.1, 0.15) is 25.8 Å². The molecule has 1 aliphatic rings. The molecule has 2 amide bonds. The summed E-state index contributed by atoms with van der Waals surface area (Å²) < 4.78 is 49.2. The third-order valence-corrected chi connectivity index (χ3v) is 6.58. The lowest BCUT2D eigenvalue weighted by Crippen LogP contribution is -2.30. The number of hydrogen-bond acceptors (Lipinski definition) is 6. The highest BCUT2D eigenvalue weighted by Gasteiger charge is 2.38. The summed E-state index contributed by atoms with van der Waals surface area (Å²) in [6.07, 6.45) is -0.176. The second-order valence-electron chi connectivity index (χ2n) is 8.82. The van der Waals surface area contributed by atoms with Gasteiger partial charge in [-0.25, -0.2) is 13.4 Å². The molecule has 1 aliphatic heterocycles. The molecule has 3 aromatic carbocycles. The maximum Gasteiger partial charge on any atom is 0.326 e. The lowest BCUT2D eigenvalue weighted by molar-refractivity contribution is -0.120. The first-order chi connectivity index (χ1) is 16.4. The summed E-state index contributed by atoms with van der Waals surface area (Å²) in [6, 6.07) is 15.0. The molecule has 0 radical (unpaired) electrons. The SMILES string of the molecule is CC(C)(O)CC(=O)Nc1ccc2cc(OCc3ccccc3)c(N3CC(=O)NS3(=O)=O)c(F)c2c1. The Hall–Kier alpha value is -3.70. The number of amides is 2. The van der Waals surface area contributed by atoms with Gasteiger partial charge in [-0.2, -0.15) is 8.42 Å². The fourth-order valence-electron chi connectivity index (χ4n) is 3.72. The molecule has 0 aliphatic carbocycles. The van der Waals surface area contributed by atoms with E-state index in [1.165, 1.54) is 26.0 Å². The number of rotatable bonds is 7. The fourth-order valence-corrected chi connectivity index (χ4v) is 4.88. The first kappa shape index (κ1) is 24.4. The maximum absolute atomic E-state index is 15.9. The number of fused-ring (bicyclic) bond motifs is 1. The molecule has 11 heteroatoms. The zero-order valence-electron chi connectivity index (χ0n) is 19.0. The minimum Gasteiger partial charge on any atom is -0.487 e. The third-order valence-electron chi connectivity index (χ3n) is 5.20. The van der Waals surface area contributed by atoms with Crippen LogP contribution in [0.5, 0.6) is 5.75 Å². The number of carbonyl (C=O) groups excluding carboxylic acids is 2. The molecule has 3 aromatic rings. The highest BCUT2D eigenvalue weighted by atomic mass is 32.2. The van der Waals surface area contributed by atoms with Gasteiger partial charge in [-0.3, -0.25) is 9.59 Å². The largest absolute Gasteiger partial charge is 0.487 e. The van der Waals surface area contributed by atoms with Crippen molar-refractivity contribution in [2.24, 2.45) is 0 Å². The molecule has 9 nitrogen and oxygen atoms in total. The monoisotopic (exact) mass is 501 g/mol. The molecule has 0 atom stereocenters. The lowest BCUT2D eigenvalue weighted by Gasteiger charge is -2.21. The van der Waals surface area contributed by atoms with Crippen LogP contribution < -0.4 is 19.1 Å². The zero-order valence-corrected chi connectivity index (χ0v) is 19.9. The van der Waals surface area contributed by atoms with Crippen LogP contribution in [0.3, 0.4) is 0 Å². The quantitative estimate of drug-likeness (QED) is 0.457. The second-order valence-corrected chi connectivity index (χ2v) is 10.4. The Labute approximate surface area is 201 Å². The van der Waals surface area contributed by atoms with Crippen LogP contribution in [0.2, 0.25) is 0 Å². The first-order valence-corrected chi connectivity index (χ1v) is 12.2. The van der Waals surface area contributed by atoms with Crippen molar-refractivity contribution in [1.29, 1.82) is 0 Å². The van der Waals surface area contributed by atoms with Gasteiger partial charge in [0.1, 0.15) is 24.6 Å². The zero-order chi connectivity index (χ0) is 25.4. The topological polar surface area (TPSA) is 125 Å². The number of nitrogens with zero attached hydrogens (tertiary/aromatic N) is 1. The van der Waals surface area contributed by atoms with E-state index >= 15 is 4.39 Å². The van der Waals surface area contributed by atoms with Gasteiger partial charge in [0.15, 0.2) is 5.82 Å². The van der Waals surface area contributed by atoms with Gasteiger partial charge in [-0.05, 0) is 43.0 Å². The van der Waals surface area contributed by atoms with E-state index in [-0.39, 0.29) is 29.9 Å². The maximum atomic E-state index is 15.9. The van der Waals surface area contributed by atoms with Gasteiger partial charge in [0.25, 0.3) is 5.91 Å². The number of aliphatic hydroxyl groups is 1. The Morgan fingerprint density at radius 1 is 1.20 bits per heavy atom. The number of carbonyl (C=O) groups is 2. The van der Waals surface area contributed by atoms with Gasteiger partial charge in [0.2, 0.25) is 5.91 Å². The summed E-state index contributed by atoms with van der Waals surface area (Å²) in [6.45, 7) is 2.41. The Bertz CT molecular complexity index is 1400. The number of halogens is 1. The average Bonchev–Trinajstić information content (AvgIpc) is 3.03. The van der Waals surface area contributed by atoms with Gasteiger partial charge in [0.05, 0.1) is 12.0 Å². The van der Waals surface area contributed by atoms with Gasteiger partial charge in [-0.1, -0.05) is 36.4 Å². The molecule has 35 heavy (non-hydrogen) atoms. The summed E-state index contributed by atoms with van der Waals surface area (Å²) in [4.78, 5) is 24.0. The molecule has 4 rings (SSSR count). The van der Waals surface area contributed by atoms with Crippen molar-refractivity contribution in [3.63, 3.8) is 0 Å². The summed E-state index contributed by atoms with van der Waals surface area (Å²) in [5, 5.41) is 12.8. The van der Waals surface area contributed by atoms with Crippen LogP contribution in [0, 0.1) is 5.82 Å². The summed E-state index contributed by atoms with van der Waals surface area (Å²) in [5.41, 5.74) is -0.601. The molecule has 0 unspecified atom stereocenters. The number of hydrogen-bond donors (Lipinski definition) is 3. The van der Waals surface area contributed by atoms with Crippen LogP contribution in [0.15, 0.2) is 54.6 Å². The average molecular weight is 502 g/mol. The first-order valence-electron chi connectivity index (χ1n) is 10.7.